The van der Waals surface area contributed by atoms with Crippen molar-refractivity contribution in [1.82, 2.24) is 45.3 Å². The first-order valence-corrected chi connectivity index (χ1v) is 12.6. The van der Waals surface area contributed by atoms with E-state index in [1.54, 1.807) is 11.0 Å². The Morgan fingerprint density at radius 1 is 1.11 bits per heavy atom. The van der Waals surface area contributed by atoms with Crippen molar-refractivity contribution in [3.63, 3.8) is 0 Å². The molecule has 1 aromatic carbocycles. The molecule has 1 amide bonds. The van der Waals surface area contributed by atoms with Gasteiger partial charge in [0.15, 0.2) is 0 Å². The Bertz CT molecular complexity index is 1540. The van der Waals surface area contributed by atoms with Crippen LogP contribution in [0.2, 0.25) is 0 Å². The molecule has 2 aliphatic heterocycles. The Kier molecular flexibility index (Phi) is 5.79. The largest absolute Gasteiger partial charge is 0.353 e. The van der Waals surface area contributed by atoms with Gasteiger partial charge in [-0.05, 0) is 56.4 Å². The molecule has 1 fully saturated rings. The van der Waals surface area contributed by atoms with E-state index in [2.05, 4.69) is 71.7 Å². The highest BCUT2D eigenvalue weighted by Gasteiger charge is 2.28. The second kappa shape index (κ2) is 9.17. The first kappa shape index (κ1) is 24.0. The molecule has 2 atom stereocenters. The summed E-state index contributed by atoms with van der Waals surface area (Å²) in [6.45, 7) is 8.44. The molecule has 196 valence electrons. The van der Waals surface area contributed by atoms with Crippen molar-refractivity contribution >= 4 is 34.3 Å². The van der Waals surface area contributed by atoms with Gasteiger partial charge in [-0.3, -0.25) is 14.8 Å². The standard InChI is InChI=1S/C25H30N12O/c1-14-10-36(11-15(2)34(14)4)22-9-21(26-13-27-22)23-18-8-17(6-7-20(18)29-30-23)28-24(38)19-12-37-25(31-32-33-37)35(5)16(19)3/h6-9,13-15H,10-12H2,1-5H3,(H,28,38)(H,29,30)/t14-,15+. The number of carbonyl (C=O) groups excluding carboxylic acids is 1. The summed E-state index contributed by atoms with van der Waals surface area (Å²) in [5.74, 6) is 1.28. The third-order valence-electron chi connectivity index (χ3n) is 7.73. The zero-order valence-corrected chi connectivity index (χ0v) is 22.0. The maximum atomic E-state index is 13.2. The number of aromatic amines is 1. The number of rotatable bonds is 4. The number of amides is 1. The van der Waals surface area contributed by atoms with Gasteiger partial charge in [0.1, 0.15) is 17.8 Å². The van der Waals surface area contributed by atoms with Gasteiger partial charge < -0.3 is 15.1 Å². The molecule has 0 radical (unpaired) electrons. The number of hydrogen-bond acceptors (Lipinski definition) is 10. The summed E-state index contributed by atoms with van der Waals surface area (Å²) in [5, 5.41) is 23.2. The highest BCUT2D eigenvalue weighted by Crippen LogP contribution is 2.30. The Labute approximate surface area is 219 Å². The van der Waals surface area contributed by atoms with Gasteiger partial charge in [0.25, 0.3) is 5.91 Å². The second-order valence-electron chi connectivity index (χ2n) is 10.1. The van der Waals surface area contributed by atoms with E-state index in [0.717, 1.165) is 41.2 Å². The first-order valence-electron chi connectivity index (χ1n) is 12.6. The molecule has 0 aliphatic carbocycles. The normalized spacial score (nSPS) is 20.2. The topological polar surface area (TPSA) is 137 Å². The minimum atomic E-state index is -0.206. The number of nitrogens with zero attached hydrogens (tertiary/aromatic N) is 10. The minimum absolute atomic E-state index is 0.206. The number of piperazine rings is 1. The quantitative estimate of drug-likeness (QED) is 0.415. The number of nitrogens with one attached hydrogen (secondary N) is 2. The summed E-state index contributed by atoms with van der Waals surface area (Å²) in [5.41, 5.74) is 4.34. The maximum Gasteiger partial charge on any atom is 0.255 e. The molecular weight excluding hydrogens is 484 g/mol. The number of hydrogen-bond donors (Lipinski definition) is 2. The lowest BCUT2D eigenvalue weighted by Crippen LogP contribution is -2.55. The van der Waals surface area contributed by atoms with Gasteiger partial charge in [-0.15, -0.1) is 0 Å². The van der Waals surface area contributed by atoms with Gasteiger partial charge in [0.2, 0.25) is 5.95 Å². The van der Waals surface area contributed by atoms with Crippen LogP contribution in [0.5, 0.6) is 0 Å². The lowest BCUT2D eigenvalue weighted by molar-refractivity contribution is -0.113. The van der Waals surface area contributed by atoms with Crippen LogP contribution in [0, 0.1) is 0 Å². The summed E-state index contributed by atoms with van der Waals surface area (Å²) < 4.78 is 1.61. The van der Waals surface area contributed by atoms with Crippen LogP contribution in [-0.4, -0.2) is 90.4 Å². The number of aromatic nitrogens is 8. The lowest BCUT2D eigenvalue weighted by Gasteiger charge is -2.42. The van der Waals surface area contributed by atoms with E-state index < -0.39 is 0 Å². The van der Waals surface area contributed by atoms with Gasteiger partial charge in [-0.25, -0.2) is 14.6 Å². The fourth-order valence-electron chi connectivity index (χ4n) is 5.13. The Morgan fingerprint density at radius 2 is 1.89 bits per heavy atom. The van der Waals surface area contributed by atoms with E-state index in [4.69, 9.17) is 0 Å². The van der Waals surface area contributed by atoms with Crippen LogP contribution < -0.4 is 15.1 Å². The van der Waals surface area contributed by atoms with Crippen LogP contribution in [0.15, 0.2) is 41.9 Å². The molecule has 2 N–H and O–H groups in total. The minimum Gasteiger partial charge on any atom is -0.353 e. The predicted molar refractivity (Wildman–Crippen MR) is 144 cm³/mol. The number of H-pyrrole nitrogens is 1. The van der Waals surface area contributed by atoms with Crippen molar-refractivity contribution in [2.45, 2.75) is 39.4 Å². The smallest absolute Gasteiger partial charge is 0.255 e. The molecule has 0 bridgehead atoms. The van der Waals surface area contributed by atoms with Crippen molar-refractivity contribution < 1.29 is 4.79 Å². The van der Waals surface area contributed by atoms with E-state index in [-0.39, 0.29) is 5.91 Å². The SMILES string of the molecule is CC1=C(C(=O)Nc2ccc3[nH]nc(-c4cc(N5C[C@@H](C)N(C)[C@@H](C)C5)ncn4)c3c2)Cn2nnnc2N1C. The zero-order chi connectivity index (χ0) is 26.6. The number of anilines is 3. The molecule has 38 heavy (non-hydrogen) atoms. The summed E-state index contributed by atoms with van der Waals surface area (Å²) in [4.78, 5) is 28.8. The molecule has 3 aromatic heterocycles. The Morgan fingerprint density at radius 3 is 2.68 bits per heavy atom. The molecule has 1 saturated heterocycles. The number of fused-ring (bicyclic) bond motifs is 2. The summed E-state index contributed by atoms with van der Waals surface area (Å²) in [6, 6.07) is 8.50. The molecule has 5 heterocycles. The van der Waals surface area contributed by atoms with Crippen molar-refractivity contribution in [3.05, 3.63) is 41.9 Å². The molecule has 2 aliphatic rings. The number of benzene rings is 1. The van der Waals surface area contributed by atoms with Crippen LogP contribution in [0.1, 0.15) is 20.8 Å². The highest BCUT2D eigenvalue weighted by molar-refractivity contribution is 6.06. The first-order chi connectivity index (χ1) is 18.3. The molecule has 0 unspecified atom stereocenters. The molecule has 6 rings (SSSR count). The van der Waals surface area contributed by atoms with Crippen molar-refractivity contribution in [1.29, 1.82) is 0 Å². The molecule has 0 saturated carbocycles. The van der Waals surface area contributed by atoms with Crippen molar-refractivity contribution in [2.75, 3.05) is 42.3 Å². The molecular formula is C25H30N12O. The maximum absolute atomic E-state index is 13.2. The molecule has 0 spiro atoms. The number of likely N-dealkylation sites (N-methyl/N-ethyl adjacent to an activating group) is 1. The average Bonchev–Trinajstić information content (AvgIpc) is 3.56. The lowest BCUT2D eigenvalue weighted by atomic mass is 10.1. The predicted octanol–water partition coefficient (Wildman–Crippen LogP) is 1.90. The van der Waals surface area contributed by atoms with Crippen LogP contribution in [0.25, 0.3) is 22.3 Å². The fourth-order valence-corrected chi connectivity index (χ4v) is 5.13. The van der Waals surface area contributed by atoms with Gasteiger partial charge in [0, 0.05) is 55.1 Å². The molecule has 13 nitrogen and oxygen atoms in total. The Balaban J connectivity index is 1.27. The summed E-state index contributed by atoms with van der Waals surface area (Å²) in [6.07, 6.45) is 1.59. The Hall–Kier alpha value is -4.39. The van der Waals surface area contributed by atoms with Crippen LogP contribution in [-0.2, 0) is 11.3 Å². The molecule has 4 aromatic rings. The number of carbonyl (C=O) groups is 1. The zero-order valence-electron chi connectivity index (χ0n) is 22.0. The number of allylic oxidation sites excluding steroid dienone is 1. The van der Waals surface area contributed by atoms with Crippen LogP contribution in [0.4, 0.5) is 17.5 Å². The third-order valence-corrected chi connectivity index (χ3v) is 7.73. The average molecular weight is 515 g/mol. The highest BCUT2D eigenvalue weighted by atomic mass is 16.1. The van der Waals surface area contributed by atoms with E-state index in [1.807, 2.05) is 43.1 Å². The monoisotopic (exact) mass is 514 g/mol. The van der Waals surface area contributed by atoms with E-state index in [1.165, 1.54) is 0 Å². The van der Waals surface area contributed by atoms with Gasteiger partial charge >= 0.3 is 0 Å². The second-order valence-corrected chi connectivity index (χ2v) is 10.1. The summed E-state index contributed by atoms with van der Waals surface area (Å²) >= 11 is 0. The summed E-state index contributed by atoms with van der Waals surface area (Å²) in [7, 11) is 4.00. The van der Waals surface area contributed by atoms with E-state index >= 15 is 0 Å². The van der Waals surface area contributed by atoms with Crippen LogP contribution in [0.3, 0.4) is 0 Å². The fraction of sp³-hybridized carbons (Fsp3) is 0.400. The van der Waals surface area contributed by atoms with Crippen molar-refractivity contribution in [2.24, 2.45) is 0 Å². The number of tetrazole rings is 1. The van der Waals surface area contributed by atoms with Crippen LogP contribution >= 0.6 is 0 Å². The molecule has 13 heteroatoms. The van der Waals surface area contributed by atoms with Gasteiger partial charge in [-0.2, -0.15) is 5.10 Å². The third kappa shape index (κ3) is 4.04. The van der Waals surface area contributed by atoms with Gasteiger partial charge in [0.05, 0.1) is 23.3 Å². The van der Waals surface area contributed by atoms with Crippen molar-refractivity contribution in [3.8, 4) is 11.4 Å². The van der Waals surface area contributed by atoms with E-state index in [9.17, 15) is 4.79 Å². The van der Waals surface area contributed by atoms with Gasteiger partial charge in [-0.1, -0.05) is 5.10 Å². The van der Waals surface area contributed by atoms with E-state index in [0.29, 0.717) is 41.5 Å².